The Bertz CT molecular complexity index is 658. The largest absolute Gasteiger partial charge is 0.370 e. The van der Waals surface area contributed by atoms with E-state index >= 15 is 0 Å². The zero-order valence-corrected chi connectivity index (χ0v) is 13.6. The lowest BCUT2D eigenvalue weighted by Crippen LogP contribution is -2.38. The summed E-state index contributed by atoms with van der Waals surface area (Å²) in [4.78, 5) is 8.81. The van der Waals surface area contributed by atoms with E-state index in [4.69, 9.17) is 39.5 Å². The molecule has 1 saturated carbocycles. The second-order valence-electron chi connectivity index (χ2n) is 5.04. The van der Waals surface area contributed by atoms with Crippen molar-refractivity contribution in [3.05, 3.63) is 45.4 Å². The van der Waals surface area contributed by atoms with Gasteiger partial charge in [-0.25, -0.2) is 9.97 Å². The van der Waals surface area contributed by atoms with Gasteiger partial charge >= 0.3 is 0 Å². The van der Waals surface area contributed by atoms with Crippen LogP contribution in [0.1, 0.15) is 25.1 Å². The lowest BCUT2D eigenvalue weighted by Gasteiger charge is -2.38. The quantitative estimate of drug-likeness (QED) is 0.725. The molecule has 1 heterocycles. The van der Waals surface area contributed by atoms with E-state index in [9.17, 15) is 0 Å². The molecule has 3 nitrogen and oxygen atoms in total. The van der Waals surface area contributed by atoms with E-state index in [0.717, 1.165) is 24.8 Å². The van der Waals surface area contributed by atoms with E-state index in [1.54, 1.807) is 13.2 Å². The minimum absolute atomic E-state index is 0.293. The van der Waals surface area contributed by atoms with Crippen LogP contribution >= 0.6 is 34.8 Å². The molecule has 110 valence electrons. The number of aromatic nitrogens is 2. The van der Waals surface area contributed by atoms with E-state index < -0.39 is 5.60 Å². The molecule has 1 aromatic carbocycles. The van der Waals surface area contributed by atoms with Gasteiger partial charge in [0.15, 0.2) is 5.82 Å². The number of ether oxygens (including phenoxy) is 1. The van der Waals surface area contributed by atoms with E-state index in [0.29, 0.717) is 26.7 Å². The first-order valence-electron chi connectivity index (χ1n) is 6.61. The average molecular weight is 344 g/mol. The molecule has 0 atom stereocenters. The topological polar surface area (TPSA) is 35.0 Å². The molecule has 6 heteroatoms. The van der Waals surface area contributed by atoms with Gasteiger partial charge in [-0.2, -0.15) is 0 Å². The second kappa shape index (κ2) is 5.73. The Kier molecular flexibility index (Phi) is 4.10. The van der Waals surface area contributed by atoms with Gasteiger partial charge in [-0.3, -0.25) is 0 Å². The highest BCUT2D eigenvalue weighted by Crippen LogP contribution is 2.45. The first-order chi connectivity index (χ1) is 10.1. The van der Waals surface area contributed by atoms with Crippen LogP contribution in [0.4, 0.5) is 0 Å². The van der Waals surface area contributed by atoms with Gasteiger partial charge < -0.3 is 4.74 Å². The Morgan fingerprint density at radius 1 is 1.05 bits per heavy atom. The van der Waals surface area contributed by atoms with Gasteiger partial charge in [0.1, 0.15) is 15.9 Å². The van der Waals surface area contributed by atoms with Crippen LogP contribution in [0.25, 0.3) is 11.1 Å². The summed E-state index contributed by atoms with van der Waals surface area (Å²) in [5.41, 5.74) is 0.825. The molecule has 2 aromatic rings. The average Bonchev–Trinajstić information content (AvgIpc) is 2.39. The van der Waals surface area contributed by atoms with Gasteiger partial charge in [0.05, 0.1) is 5.56 Å². The molecule has 0 saturated heterocycles. The van der Waals surface area contributed by atoms with Crippen molar-refractivity contribution in [2.45, 2.75) is 24.9 Å². The zero-order chi connectivity index (χ0) is 15.0. The Morgan fingerprint density at radius 2 is 1.67 bits per heavy atom. The lowest BCUT2D eigenvalue weighted by atomic mass is 9.79. The number of halogens is 3. The molecule has 3 rings (SSSR count). The Labute approximate surface area is 138 Å². The van der Waals surface area contributed by atoms with Crippen LogP contribution in [0.3, 0.4) is 0 Å². The first-order valence-corrected chi connectivity index (χ1v) is 7.74. The van der Waals surface area contributed by atoms with Gasteiger partial charge in [0, 0.05) is 17.7 Å². The van der Waals surface area contributed by atoms with Crippen molar-refractivity contribution < 1.29 is 4.74 Å². The third-order valence-electron chi connectivity index (χ3n) is 3.92. The highest BCUT2D eigenvalue weighted by atomic mass is 35.5. The van der Waals surface area contributed by atoms with E-state index in [1.165, 1.54) is 0 Å². The van der Waals surface area contributed by atoms with Gasteiger partial charge in [-0.1, -0.05) is 53.0 Å². The fourth-order valence-corrected chi connectivity index (χ4v) is 3.34. The first kappa shape index (κ1) is 15.0. The molecular weight excluding hydrogens is 331 g/mol. The smallest absolute Gasteiger partial charge is 0.163 e. The van der Waals surface area contributed by atoms with Crippen LogP contribution in [0.5, 0.6) is 0 Å². The number of rotatable bonds is 3. The van der Waals surface area contributed by atoms with Crippen LogP contribution in [-0.4, -0.2) is 17.1 Å². The van der Waals surface area contributed by atoms with Crippen LogP contribution in [-0.2, 0) is 10.3 Å². The number of hydrogen-bond donors (Lipinski definition) is 0. The van der Waals surface area contributed by atoms with Crippen LogP contribution in [0.15, 0.2) is 24.3 Å². The standard InChI is InChI=1S/C15H13Cl3N2O/c1-21-15(7-4-8-15)14-19-12(17)11(13(18)20-14)9-5-2-3-6-10(9)16/h2-3,5-6H,4,7-8H2,1H3. The van der Waals surface area contributed by atoms with Crippen molar-refractivity contribution >= 4 is 34.8 Å². The molecule has 0 amide bonds. The molecule has 1 fully saturated rings. The summed E-state index contributed by atoms with van der Waals surface area (Å²) >= 11 is 18.9. The number of methoxy groups -OCH3 is 1. The highest BCUT2D eigenvalue weighted by Gasteiger charge is 2.42. The number of hydrogen-bond acceptors (Lipinski definition) is 3. The minimum Gasteiger partial charge on any atom is -0.370 e. The van der Waals surface area contributed by atoms with Crippen molar-refractivity contribution in [3.8, 4) is 11.1 Å². The molecule has 1 aliphatic rings. The Balaban J connectivity index is 2.11. The molecule has 0 spiro atoms. The number of nitrogens with zero attached hydrogens (tertiary/aromatic N) is 2. The van der Waals surface area contributed by atoms with Gasteiger partial charge in [0.2, 0.25) is 0 Å². The van der Waals surface area contributed by atoms with Crippen molar-refractivity contribution in [2.24, 2.45) is 0 Å². The highest BCUT2D eigenvalue weighted by molar-refractivity contribution is 6.40. The Hall–Kier alpha value is -0.870. The molecule has 21 heavy (non-hydrogen) atoms. The van der Waals surface area contributed by atoms with Crippen LogP contribution in [0, 0.1) is 0 Å². The maximum absolute atomic E-state index is 6.34. The Morgan fingerprint density at radius 3 is 2.14 bits per heavy atom. The molecule has 0 bridgehead atoms. The third kappa shape index (κ3) is 2.53. The maximum atomic E-state index is 6.34. The van der Waals surface area contributed by atoms with Crippen molar-refractivity contribution in [1.29, 1.82) is 0 Å². The van der Waals surface area contributed by atoms with Crippen molar-refractivity contribution in [3.63, 3.8) is 0 Å². The monoisotopic (exact) mass is 342 g/mol. The fourth-order valence-electron chi connectivity index (χ4n) is 2.51. The van der Waals surface area contributed by atoms with Crippen molar-refractivity contribution in [1.82, 2.24) is 9.97 Å². The fraction of sp³-hybridized carbons (Fsp3) is 0.333. The van der Waals surface area contributed by atoms with Crippen LogP contribution in [0.2, 0.25) is 15.3 Å². The van der Waals surface area contributed by atoms with Gasteiger partial charge in [-0.15, -0.1) is 0 Å². The SMILES string of the molecule is COC1(c2nc(Cl)c(-c3ccccc3Cl)c(Cl)n2)CCC1. The molecule has 0 radical (unpaired) electrons. The van der Waals surface area contributed by atoms with Gasteiger partial charge in [0.25, 0.3) is 0 Å². The molecule has 0 N–H and O–H groups in total. The summed E-state index contributed by atoms with van der Waals surface area (Å²) in [5.74, 6) is 0.544. The number of benzene rings is 1. The molecule has 1 aliphatic carbocycles. The van der Waals surface area contributed by atoms with E-state index in [-0.39, 0.29) is 0 Å². The van der Waals surface area contributed by atoms with Crippen molar-refractivity contribution in [2.75, 3.05) is 7.11 Å². The second-order valence-corrected chi connectivity index (χ2v) is 6.16. The summed E-state index contributed by atoms with van der Waals surface area (Å²) in [6.07, 6.45) is 2.84. The summed E-state index contributed by atoms with van der Waals surface area (Å²) in [7, 11) is 1.66. The predicted octanol–water partition coefficient (Wildman–Crippen LogP) is 5.13. The lowest BCUT2D eigenvalue weighted by molar-refractivity contribution is -0.0846. The summed E-state index contributed by atoms with van der Waals surface area (Å²) in [6.45, 7) is 0. The molecule has 1 aromatic heterocycles. The molecular formula is C15H13Cl3N2O. The zero-order valence-electron chi connectivity index (χ0n) is 11.4. The van der Waals surface area contributed by atoms with Crippen LogP contribution < -0.4 is 0 Å². The van der Waals surface area contributed by atoms with E-state index in [2.05, 4.69) is 9.97 Å². The maximum Gasteiger partial charge on any atom is 0.163 e. The normalized spacial score (nSPS) is 16.6. The predicted molar refractivity (Wildman–Crippen MR) is 85.0 cm³/mol. The third-order valence-corrected chi connectivity index (χ3v) is 4.80. The van der Waals surface area contributed by atoms with Gasteiger partial charge in [-0.05, 0) is 25.3 Å². The molecule has 0 aliphatic heterocycles. The summed E-state index contributed by atoms with van der Waals surface area (Å²) < 4.78 is 5.57. The molecule has 0 unspecified atom stereocenters. The summed E-state index contributed by atoms with van der Waals surface area (Å²) in [6, 6.07) is 7.33. The minimum atomic E-state index is -0.452. The van der Waals surface area contributed by atoms with E-state index in [1.807, 2.05) is 18.2 Å². The summed E-state index contributed by atoms with van der Waals surface area (Å²) in [5, 5.41) is 1.14.